The van der Waals surface area contributed by atoms with Crippen molar-refractivity contribution in [2.24, 2.45) is 0 Å². The lowest BCUT2D eigenvalue weighted by molar-refractivity contribution is -0.123. The molecule has 160 valence electrons. The van der Waals surface area contributed by atoms with E-state index in [-0.39, 0.29) is 0 Å². The predicted molar refractivity (Wildman–Crippen MR) is 118 cm³/mol. The molecule has 6 nitrogen and oxygen atoms in total. The van der Waals surface area contributed by atoms with Crippen LogP contribution in [0.2, 0.25) is 0 Å². The van der Waals surface area contributed by atoms with Gasteiger partial charge in [-0.05, 0) is 55.8 Å². The molecule has 3 rings (SSSR count). The summed E-state index contributed by atoms with van der Waals surface area (Å²) in [5, 5.41) is 2.73. The second-order valence-electron chi connectivity index (χ2n) is 6.76. The van der Waals surface area contributed by atoms with Crippen LogP contribution in [0.4, 0.5) is 5.69 Å². The molecule has 0 aliphatic carbocycles. The highest BCUT2D eigenvalue weighted by molar-refractivity contribution is 5.98. The number of ether oxygens (including phenoxy) is 3. The Morgan fingerprint density at radius 1 is 0.871 bits per heavy atom. The minimum absolute atomic E-state index is 0.335. The first-order chi connectivity index (χ1) is 15.1. The Balaban J connectivity index is 1.53. The number of hydrogen-bond acceptors (Lipinski definition) is 5. The van der Waals surface area contributed by atoms with Crippen molar-refractivity contribution in [3.63, 3.8) is 0 Å². The number of carbonyl (C=O) groups is 2. The molecule has 0 bridgehead atoms. The molecular formula is C25H25NO5. The number of esters is 1. The van der Waals surface area contributed by atoms with Gasteiger partial charge in [0.05, 0.1) is 17.9 Å². The molecule has 3 aromatic rings. The van der Waals surface area contributed by atoms with Crippen LogP contribution in [0, 0.1) is 0 Å². The zero-order valence-electron chi connectivity index (χ0n) is 17.5. The molecule has 3 aromatic carbocycles. The zero-order chi connectivity index (χ0) is 22.1. The van der Waals surface area contributed by atoms with Gasteiger partial charge < -0.3 is 19.5 Å². The van der Waals surface area contributed by atoms with E-state index in [4.69, 9.17) is 14.2 Å². The monoisotopic (exact) mass is 419 g/mol. The van der Waals surface area contributed by atoms with Gasteiger partial charge in [0, 0.05) is 0 Å². The first-order valence-electron chi connectivity index (χ1n) is 10.1. The third-order valence-electron chi connectivity index (χ3n) is 4.44. The summed E-state index contributed by atoms with van der Waals surface area (Å²) < 4.78 is 16.5. The molecule has 0 aliphatic heterocycles. The van der Waals surface area contributed by atoms with Crippen LogP contribution in [0.15, 0.2) is 78.9 Å². The van der Waals surface area contributed by atoms with Crippen LogP contribution < -0.4 is 14.8 Å². The molecule has 0 radical (unpaired) electrons. The molecule has 0 aromatic heterocycles. The summed E-state index contributed by atoms with van der Waals surface area (Å²) in [7, 11) is 0. The van der Waals surface area contributed by atoms with E-state index in [2.05, 4.69) is 5.32 Å². The quantitative estimate of drug-likeness (QED) is 0.502. The molecule has 0 saturated carbocycles. The van der Waals surface area contributed by atoms with Gasteiger partial charge in [-0.25, -0.2) is 4.79 Å². The zero-order valence-corrected chi connectivity index (χ0v) is 17.5. The normalized spacial score (nSPS) is 11.3. The van der Waals surface area contributed by atoms with E-state index in [0.29, 0.717) is 36.0 Å². The topological polar surface area (TPSA) is 73.9 Å². The lowest BCUT2D eigenvalue weighted by Crippen LogP contribution is -2.30. The number of anilines is 1. The van der Waals surface area contributed by atoms with Gasteiger partial charge in [-0.3, -0.25) is 4.79 Å². The molecule has 0 saturated heterocycles. The molecular weight excluding hydrogens is 394 g/mol. The fourth-order valence-corrected chi connectivity index (χ4v) is 2.80. The van der Waals surface area contributed by atoms with Crippen molar-refractivity contribution in [2.45, 2.75) is 26.6 Å². The van der Waals surface area contributed by atoms with Crippen LogP contribution in [-0.2, 0) is 16.1 Å². The molecule has 1 amide bonds. The summed E-state index contributed by atoms with van der Waals surface area (Å²) in [6, 6.07) is 23.5. The highest BCUT2D eigenvalue weighted by atomic mass is 16.5. The Kier molecular flexibility index (Phi) is 7.65. The fourth-order valence-electron chi connectivity index (χ4n) is 2.80. The van der Waals surface area contributed by atoms with Crippen LogP contribution in [0.1, 0.15) is 29.8 Å². The molecule has 1 atom stereocenters. The van der Waals surface area contributed by atoms with Gasteiger partial charge in [-0.2, -0.15) is 0 Å². The van der Waals surface area contributed by atoms with Crippen molar-refractivity contribution in [1.82, 2.24) is 0 Å². The fraction of sp³-hybridized carbons (Fsp3) is 0.200. The van der Waals surface area contributed by atoms with E-state index in [1.54, 1.807) is 42.5 Å². The second-order valence-corrected chi connectivity index (χ2v) is 6.76. The van der Waals surface area contributed by atoms with Crippen molar-refractivity contribution >= 4 is 17.6 Å². The van der Waals surface area contributed by atoms with Gasteiger partial charge in [0.25, 0.3) is 5.91 Å². The SMILES string of the molecule is CCOc1ccccc1NC(=O)[C@@H](C)OC(=O)c1ccc(OCc2ccccc2)cc1. The van der Waals surface area contributed by atoms with Gasteiger partial charge in [0.1, 0.15) is 18.1 Å². The Hall–Kier alpha value is -3.80. The minimum Gasteiger partial charge on any atom is -0.492 e. The van der Waals surface area contributed by atoms with Gasteiger partial charge in [-0.15, -0.1) is 0 Å². The highest BCUT2D eigenvalue weighted by Crippen LogP contribution is 2.24. The standard InChI is InChI=1S/C25H25NO5/c1-3-29-23-12-8-7-11-22(23)26-24(27)18(2)31-25(28)20-13-15-21(16-14-20)30-17-19-9-5-4-6-10-19/h4-16,18H,3,17H2,1-2H3,(H,26,27)/t18-/m1/s1. The molecule has 1 N–H and O–H groups in total. The number of hydrogen-bond donors (Lipinski definition) is 1. The number of carbonyl (C=O) groups excluding carboxylic acids is 2. The van der Waals surface area contributed by atoms with Crippen molar-refractivity contribution in [2.75, 3.05) is 11.9 Å². The molecule has 0 spiro atoms. The molecule has 0 unspecified atom stereocenters. The predicted octanol–water partition coefficient (Wildman–Crippen LogP) is 4.85. The van der Waals surface area contributed by atoms with Crippen molar-refractivity contribution < 1.29 is 23.8 Å². The average molecular weight is 419 g/mol. The molecule has 0 heterocycles. The Morgan fingerprint density at radius 3 is 2.26 bits per heavy atom. The number of amides is 1. The maximum Gasteiger partial charge on any atom is 0.338 e. The van der Waals surface area contributed by atoms with Crippen LogP contribution in [-0.4, -0.2) is 24.6 Å². The van der Waals surface area contributed by atoms with Crippen LogP contribution in [0.25, 0.3) is 0 Å². The molecule has 0 fully saturated rings. The van der Waals surface area contributed by atoms with E-state index >= 15 is 0 Å². The number of benzene rings is 3. The summed E-state index contributed by atoms with van der Waals surface area (Å²) >= 11 is 0. The van der Waals surface area contributed by atoms with E-state index in [9.17, 15) is 9.59 Å². The Bertz CT molecular complexity index is 1000. The minimum atomic E-state index is -0.976. The van der Waals surface area contributed by atoms with Crippen LogP contribution >= 0.6 is 0 Å². The first kappa shape index (κ1) is 21.9. The van der Waals surface area contributed by atoms with Crippen LogP contribution in [0.3, 0.4) is 0 Å². The highest BCUT2D eigenvalue weighted by Gasteiger charge is 2.20. The molecule has 0 aliphatic rings. The second kappa shape index (κ2) is 10.8. The smallest absolute Gasteiger partial charge is 0.338 e. The Morgan fingerprint density at radius 2 is 1.55 bits per heavy atom. The lowest BCUT2D eigenvalue weighted by atomic mass is 10.2. The van der Waals surface area contributed by atoms with Gasteiger partial charge in [-0.1, -0.05) is 42.5 Å². The molecule has 31 heavy (non-hydrogen) atoms. The van der Waals surface area contributed by atoms with Gasteiger partial charge in [0.2, 0.25) is 0 Å². The molecule has 6 heteroatoms. The summed E-state index contributed by atoms with van der Waals surface area (Å²) in [5.74, 6) is 0.167. The van der Waals surface area contributed by atoms with Gasteiger partial charge in [0.15, 0.2) is 6.10 Å². The van der Waals surface area contributed by atoms with Crippen molar-refractivity contribution in [3.05, 3.63) is 90.0 Å². The van der Waals surface area contributed by atoms with E-state index in [1.165, 1.54) is 6.92 Å². The summed E-state index contributed by atoms with van der Waals surface area (Å²) in [4.78, 5) is 24.9. The lowest BCUT2D eigenvalue weighted by Gasteiger charge is -2.15. The summed E-state index contributed by atoms with van der Waals surface area (Å²) in [5.41, 5.74) is 1.91. The van der Waals surface area contributed by atoms with E-state index in [1.807, 2.05) is 43.3 Å². The maximum atomic E-state index is 12.4. The summed E-state index contributed by atoms with van der Waals surface area (Å²) in [6.07, 6.45) is -0.976. The summed E-state index contributed by atoms with van der Waals surface area (Å²) in [6.45, 7) is 4.29. The van der Waals surface area contributed by atoms with Gasteiger partial charge >= 0.3 is 5.97 Å². The van der Waals surface area contributed by atoms with Crippen molar-refractivity contribution in [1.29, 1.82) is 0 Å². The van der Waals surface area contributed by atoms with E-state index < -0.39 is 18.0 Å². The van der Waals surface area contributed by atoms with Crippen molar-refractivity contribution in [3.8, 4) is 11.5 Å². The number of para-hydroxylation sites is 2. The van der Waals surface area contributed by atoms with Crippen LogP contribution in [0.5, 0.6) is 11.5 Å². The maximum absolute atomic E-state index is 12.4. The largest absolute Gasteiger partial charge is 0.492 e. The number of nitrogens with one attached hydrogen (secondary N) is 1. The first-order valence-corrected chi connectivity index (χ1v) is 10.1. The Labute approximate surface area is 181 Å². The van der Waals surface area contributed by atoms with E-state index in [0.717, 1.165) is 5.56 Å². The average Bonchev–Trinajstić information content (AvgIpc) is 2.80. The third-order valence-corrected chi connectivity index (χ3v) is 4.44. The number of rotatable bonds is 9. The third kappa shape index (κ3) is 6.34.